The topological polar surface area (TPSA) is 36.9 Å². The molecule has 2 unspecified atom stereocenters. The zero-order valence-electron chi connectivity index (χ0n) is 27.0. The number of allylic oxidation sites excluding steroid dienone is 2. The molecule has 1 aliphatic heterocycles. The minimum atomic E-state index is -3.15. The average Bonchev–Trinajstić information content (AvgIpc) is 3.64. The summed E-state index contributed by atoms with van der Waals surface area (Å²) >= 11 is -3.15. The number of rotatable bonds is 6. The third-order valence-corrected chi connectivity index (χ3v) is 26.4. The molecule has 1 spiro atoms. The zero-order chi connectivity index (χ0) is 31.1. The monoisotopic (exact) mass is 764 g/mol. The van der Waals surface area contributed by atoms with E-state index in [-0.39, 0.29) is 5.41 Å². The Morgan fingerprint density at radius 3 is 1.31 bits per heavy atom. The number of fused-ring (bicyclic) bond motifs is 8. The van der Waals surface area contributed by atoms with Crippen LogP contribution in [0.1, 0.15) is 48.9 Å². The van der Waals surface area contributed by atoms with Crippen LogP contribution in [0.5, 0.6) is 23.0 Å². The summed E-state index contributed by atoms with van der Waals surface area (Å²) < 4.78 is 29.3. The van der Waals surface area contributed by atoms with Gasteiger partial charge in [0.2, 0.25) is 0 Å². The third kappa shape index (κ3) is 4.12. The number of hydrogen-bond acceptors (Lipinski definition) is 4. The van der Waals surface area contributed by atoms with E-state index in [4.69, 9.17) is 18.9 Å². The molecule has 1 saturated heterocycles. The summed E-state index contributed by atoms with van der Waals surface area (Å²) in [5.41, 5.74) is 14.3. The third-order valence-electron chi connectivity index (χ3n) is 11.2. The van der Waals surface area contributed by atoms with Gasteiger partial charge in [-0.1, -0.05) is 0 Å². The van der Waals surface area contributed by atoms with Crippen LogP contribution in [-0.4, -0.2) is 28.4 Å². The Labute approximate surface area is 271 Å². The van der Waals surface area contributed by atoms with Crippen molar-refractivity contribution in [1.82, 2.24) is 0 Å². The van der Waals surface area contributed by atoms with Gasteiger partial charge in [-0.3, -0.25) is 0 Å². The van der Waals surface area contributed by atoms with Gasteiger partial charge >= 0.3 is 272 Å². The Bertz CT molecular complexity index is 1750. The molecular formula is C40H40HfO4. The Morgan fingerprint density at radius 2 is 0.978 bits per heavy atom. The molecule has 0 aromatic heterocycles. The van der Waals surface area contributed by atoms with Crippen molar-refractivity contribution in [2.75, 3.05) is 28.4 Å². The standard InChI is InChI=1S/C38H34O4.2CH3.Hf/c1-39-30-16-26(17-31(22-30)40-2)34-10-5-8-24-14-28(20-36(24)34)38(12-7-13-38)29-15-25-9-6-11-35(37(25)21-29)27-18-32(41-3)23-33(19-27)42-4;;;/h5-6,8-11,14-23H,7,12-13H2,1-4H3;2*1H3;. The van der Waals surface area contributed by atoms with Crippen molar-refractivity contribution in [3.05, 3.63) is 106 Å². The van der Waals surface area contributed by atoms with Crippen LogP contribution in [-0.2, 0) is 20.0 Å². The molecule has 4 aromatic rings. The van der Waals surface area contributed by atoms with Crippen LogP contribution in [0, 0.1) is 5.41 Å². The van der Waals surface area contributed by atoms with Crippen LogP contribution in [0.25, 0.3) is 34.4 Å². The molecule has 0 bridgehead atoms. The second-order valence-electron chi connectivity index (χ2n) is 13.6. The van der Waals surface area contributed by atoms with Crippen molar-refractivity contribution in [3.63, 3.8) is 0 Å². The minimum absolute atomic E-state index is 0.148. The Kier molecular flexibility index (Phi) is 6.73. The van der Waals surface area contributed by atoms with Gasteiger partial charge in [-0.2, -0.15) is 0 Å². The summed E-state index contributed by atoms with van der Waals surface area (Å²) in [6, 6.07) is 26.5. The zero-order valence-corrected chi connectivity index (χ0v) is 30.6. The first kappa shape index (κ1) is 28.9. The van der Waals surface area contributed by atoms with Crippen LogP contribution < -0.4 is 18.9 Å². The Morgan fingerprint density at radius 1 is 0.578 bits per heavy atom. The number of methoxy groups -OCH3 is 4. The van der Waals surface area contributed by atoms with E-state index in [0.717, 1.165) is 34.1 Å². The number of benzene rings is 4. The van der Waals surface area contributed by atoms with Crippen molar-refractivity contribution in [2.24, 2.45) is 5.41 Å². The van der Waals surface area contributed by atoms with Gasteiger partial charge in [0.05, 0.1) is 0 Å². The van der Waals surface area contributed by atoms with E-state index < -0.39 is 20.0 Å². The second-order valence-corrected chi connectivity index (χ2v) is 30.9. The summed E-state index contributed by atoms with van der Waals surface area (Å²) in [6.45, 7) is 0. The van der Waals surface area contributed by atoms with E-state index >= 15 is 0 Å². The first-order valence-electron chi connectivity index (χ1n) is 16.0. The van der Waals surface area contributed by atoms with Gasteiger partial charge in [0, 0.05) is 0 Å². The summed E-state index contributed by atoms with van der Waals surface area (Å²) in [7, 11) is 6.90. The summed E-state index contributed by atoms with van der Waals surface area (Å²) in [4.78, 5) is 0. The molecule has 1 saturated carbocycles. The van der Waals surface area contributed by atoms with E-state index in [9.17, 15) is 0 Å². The Balaban J connectivity index is 1.31. The van der Waals surface area contributed by atoms with Crippen LogP contribution in [0.3, 0.4) is 0 Å². The molecule has 2 fully saturated rings. The van der Waals surface area contributed by atoms with Crippen LogP contribution in [0.2, 0.25) is 9.36 Å². The normalized spacial score (nSPS) is 21.0. The fraction of sp³-hybridized carbons (Fsp3) is 0.300. The van der Waals surface area contributed by atoms with Gasteiger partial charge < -0.3 is 0 Å². The predicted molar refractivity (Wildman–Crippen MR) is 179 cm³/mol. The molecule has 0 N–H and O–H groups in total. The predicted octanol–water partition coefficient (Wildman–Crippen LogP) is 10.1. The van der Waals surface area contributed by atoms with E-state index in [0.29, 0.717) is 7.35 Å². The van der Waals surface area contributed by atoms with E-state index in [1.54, 1.807) is 50.7 Å². The first-order chi connectivity index (χ1) is 21.8. The van der Waals surface area contributed by atoms with Crippen LogP contribution >= 0.6 is 0 Å². The van der Waals surface area contributed by atoms with Crippen molar-refractivity contribution < 1.29 is 38.9 Å². The molecule has 3 aliphatic carbocycles. The SMILES string of the molecule is COc1cc(OC)cc(-c2cccc3c2C=C2[CH]3[Hf]([CH3])([CH3])[CH]3C(=Cc4c(-c5cc(OC)cc(OC)c5)cccc43)C23CCC3)c1. The second kappa shape index (κ2) is 10.5. The van der Waals surface area contributed by atoms with Crippen molar-refractivity contribution >= 4 is 12.2 Å². The van der Waals surface area contributed by atoms with E-state index in [1.165, 1.54) is 41.5 Å². The molecule has 2 atom stereocenters. The van der Waals surface area contributed by atoms with E-state index in [2.05, 4.69) is 82.2 Å². The molecule has 0 amide bonds. The maximum atomic E-state index is 5.67. The average molecular weight is 763 g/mol. The van der Waals surface area contributed by atoms with Gasteiger partial charge in [-0.05, 0) is 0 Å². The first-order valence-corrected chi connectivity index (χ1v) is 27.3. The molecular weight excluding hydrogens is 723 g/mol. The summed E-state index contributed by atoms with van der Waals surface area (Å²) in [5.74, 6) is 3.28. The van der Waals surface area contributed by atoms with Crippen molar-refractivity contribution in [2.45, 2.75) is 36.0 Å². The van der Waals surface area contributed by atoms with Crippen molar-refractivity contribution in [3.8, 4) is 45.3 Å². The van der Waals surface area contributed by atoms with Gasteiger partial charge in [-0.15, -0.1) is 0 Å². The fourth-order valence-electron chi connectivity index (χ4n) is 9.11. The molecule has 8 rings (SSSR count). The molecule has 4 aliphatic rings. The Hall–Kier alpha value is -3.57. The number of hydrogen-bond donors (Lipinski definition) is 0. The molecule has 4 aromatic carbocycles. The maximum absolute atomic E-state index is 5.67. The quantitative estimate of drug-likeness (QED) is 0.183. The van der Waals surface area contributed by atoms with Gasteiger partial charge in [0.15, 0.2) is 0 Å². The molecule has 5 heteroatoms. The summed E-state index contributed by atoms with van der Waals surface area (Å²) in [6.07, 6.45) is 9.02. The molecule has 0 radical (unpaired) electrons. The molecule has 1 heterocycles. The molecule has 228 valence electrons. The van der Waals surface area contributed by atoms with Gasteiger partial charge in [0.25, 0.3) is 0 Å². The molecule has 45 heavy (non-hydrogen) atoms. The summed E-state index contributed by atoms with van der Waals surface area (Å²) in [5, 5.41) is 0. The van der Waals surface area contributed by atoms with Gasteiger partial charge in [0.1, 0.15) is 0 Å². The van der Waals surface area contributed by atoms with Crippen molar-refractivity contribution in [1.29, 1.82) is 0 Å². The van der Waals surface area contributed by atoms with Crippen LogP contribution in [0.15, 0.2) is 83.9 Å². The van der Waals surface area contributed by atoms with E-state index in [1.807, 2.05) is 12.1 Å². The fourth-order valence-corrected chi connectivity index (χ4v) is 26.2. The van der Waals surface area contributed by atoms with Gasteiger partial charge in [-0.25, -0.2) is 0 Å². The van der Waals surface area contributed by atoms with Crippen LogP contribution in [0.4, 0.5) is 0 Å². The molecule has 4 nitrogen and oxygen atoms in total. The number of ether oxygens (including phenoxy) is 4.